The summed E-state index contributed by atoms with van der Waals surface area (Å²) in [7, 11) is 0. The smallest absolute Gasteiger partial charge is 0.281 e. The van der Waals surface area contributed by atoms with Gasteiger partial charge in [0.2, 0.25) is 0 Å². The summed E-state index contributed by atoms with van der Waals surface area (Å²) >= 11 is 7.27. The Morgan fingerprint density at radius 1 is 1.05 bits per heavy atom. The van der Waals surface area contributed by atoms with Gasteiger partial charge < -0.3 is 5.32 Å². The number of nitrogens with zero attached hydrogens (tertiary/aromatic N) is 1. The van der Waals surface area contributed by atoms with Crippen LogP contribution < -0.4 is 10.9 Å². The Morgan fingerprint density at radius 2 is 1.79 bits per heavy atom. The van der Waals surface area contributed by atoms with Gasteiger partial charge in [0.05, 0.1) is 5.39 Å². The fraction of sp³-hybridized carbons (Fsp3) is 0. The molecule has 19 heavy (non-hydrogen) atoms. The van der Waals surface area contributed by atoms with Crippen molar-refractivity contribution >= 4 is 43.8 Å². The molecule has 0 radical (unpaired) electrons. The van der Waals surface area contributed by atoms with Gasteiger partial charge in [-0.05, 0) is 36.4 Å². The molecular formula is C14H9ClN2OS. The van der Waals surface area contributed by atoms with Crippen LogP contribution in [0.2, 0.25) is 5.02 Å². The van der Waals surface area contributed by atoms with Gasteiger partial charge in [-0.2, -0.15) is 4.98 Å². The van der Waals surface area contributed by atoms with Crippen molar-refractivity contribution in [1.82, 2.24) is 4.98 Å². The molecule has 0 aliphatic rings. The molecule has 5 heteroatoms. The quantitative estimate of drug-likeness (QED) is 0.773. The highest BCUT2D eigenvalue weighted by molar-refractivity contribution is 7.21. The molecule has 1 heterocycles. The molecule has 1 aromatic heterocycles. The molecule has 0 saturated carbocycles. The second-order valence-corrected chi connectivity index (χ2v) is 5.42. The van der Waals surface area contributed by atoms with Crippen LogP contribution in [-0.2, 0) is 0 Å². The number of hydrogen-bond acceptors (Lipinski definition) is 4. The molecule has 0 spiro atoms. The van der Waals surface area contributed by atoms with Gasteiger partial charge in [0, 0.05) is 15.4 Å². The van der Waals surface area contributed by atoms with Crippen molar-refractivity contribution in [2.24, 2.45) is 0 Å². The van der Waals surface area contributed by atoms with Gasteiger partial charge in [-0.15, -0.1) is 0 Å². The van der Waals surface area contributed by atoms with Gasteiger partial charge in [0.1, 0.15) is 0 Å². The third kappa shape index (κ3) is 2.59. The summed E-state index contributed by atoms with van der Waals surface area (Å²) in [5.74, 6) is 0. The first-order chi connectivity index (χ1) is 9.22. The van der Waals surface area contributed by atoms with Crippen LogP contribution in [0.15, 0.2) is 53.3 Å². The van der Waals surface area contributed by atoms with Gasteiger partial charge in [0.15, 0.2) is 5.13 Å². The third-order valence-electron chi connectivity index (χ3n) is 2.62. The van der Waals surface area contributed by atoms with Crippen LogP contribution in [0.5, 0.6) is 0 Å². The normalized spacial score (nSPS) is 10.6. The lowest BCUT2D eigenvalue weighted by Gasteiger charge is -2.05. The van der Waals surface area contributed by atoms with Crippen LogP contribution >= 0.6 is 22.9 Å². The summed E-state index contributed by atoms with van der Waals surface area (Å²) in [6.45, 7) is 0. The topological polar surface area (TPSA) is 42.0 Å². The molecule has 1 N–H and O–H groups in total. The molecule has 3 aromatic rings. The van der Waals surface area contributed by atoms with Crippen molar-refractivity contribution in [3.8, 4) is 0 Å². The lowest BCUT2D eigenvalue weighted by atomic mass is 10.3. The molecule has 0 aliphatic heterocycles. The molecule has 0 amide bonds. The lowest BCUT2D eigenvalue weighted by Crippen LogP contribution is -2.07. The van der Waals surface area contributed by atoms with Crippen LogP contribution in [0.3, 0.4) is 0 Å². The summed E-state index contributed by atoms with van der Waals surface area (Å²) in [5, 5.41) is 5.01. The number of rotatable bonds is 2. The van der Waals surface area contributed by atoms with Gasteiger partial charge in [-0.25, -0.2) is 0 Å². The first-order valence-corrected chi connectivity index (χ1v) is 6.84. The molecule has 0 atom stereocenters. The summed E-state index contributed by atoms with van der Waals surface area (Å²) < 4.78 is 0.916. The predicted molar refractivity (Wildman–Crippen MR) is 80.6 cm³/mol. The first-order valence-electron chi connectivity index (χ1n) is 5.65. The fourth-order valence-corrected chi connectivity index (χ4v) is 2.77. The molecule has 2 aromatic carbocycles. The number of fused-ring (bicyclic) bond motifs is 1. The van der Waals surface area contributed by atoms with Crippen LogP contribution in [0, 0.1) is 0 Å². The standard InChI is InChI=1S/C14H9ClN2OS/c15-9-5-7-10(8-6-9)16-14-17-13(18)11-3-1-2-4-12(11)19-14/h1-8H,(H,16,17,18). The zero-order chi connectivity index (χ0) is 13.2. The molecule has 0 saturated heterocycles. The minimum Gasteiger partial charge on any atom is -0.331 e. The maximum atomic E-state index is 11.9. The van der Waals surface area contributed by atoms with Gasteiger partial charge >= 0.3 is 0 Å². The molecule has 3 nitrogen and oxygen atoms in total. The van der Waals surface area contributed by atoms with E-state index >= 15 is 0 Å². The van der Waals surface area contributed by atoms with E-state index in [1.54, 1.807) is 18.2 Å². The third-order valence-corrected chi connectivity index (χ3v) is 3.84. The average molecular weight is 289 g/mol. The minimum absolute atomic E-state index is 0.217. The maximum absolute atomic E-state index is 11.9. The van der Waals surface area contributed by atoms with Crippen LogP contribution in [0.25, 0.3) is 10.1 Å². The van der Waals surface area contributed by atoms with E-state index in [0.717, 1.165) is 10.4 Å². The van der Waals surface area contributed by atoms with Gasteiger partial charge in [-0.3, -0.25) is 4.79 Å². The van der Waals surface area contributed by atoms with Crippen molar-refractivity contribution < 1.29 is 0 Å². The van der Waals surface area contributed by atoms with Gasteiger partial charge in [0.25, 0.3) is 5.56 Å². The Bertz CT molecular complexity index is 783. The van der Waals surface area contributed by atoms with E-state index in [0.29, 0.717) is 15.5 Å². The largest absolute Gasteiger partial charge is 0.331 e. The highest BCUT2D eigenvalue weighted by Gasteiger charge is 2.04. The molecule has 0 aliphatic carbocycles. The number of halogens is 1. The second-order valence-electron chi connectivity index (χ2n) is 3.95. The Labute approximate surface area is 118 Å². The monoisotopic (exact) mass is 288 g/mol. The number of hydrogen-bond donors (Lipinski definition) is 1. The summed E-state index contributed by atoms with van der Waals surface area (Å²) in [6.07, 6.45) is 0. The van der Waals surface area contributed by atoms with E-state index in [1.165, 1.54) is 11.3 Å². The molecule has 0 bridgehead atoms. The Morgan fingerprint density at radius 3 is 2.58 bits per heavy atom. The van der Waals surface area contributed by atoms with E-state index in [1.807, 2.05) is 30.3 Å². The first kappa shape index (κ1) is 12.1. The van der Waals surface area contributed by atoms with Crippen molar-refractivity contribution in [3.05, 3.63) is 63.9 Å². The van der Waals surface area contributed by atoms with Crippen molar-refractivity contribution in [2.45, 2.75) is 0 Å². The van der Waals surface area contributed by atoms with Crippen LogP contribution in [0.1, 0.15) is 0 Å². The van der Waals surface area contributed by atoms with Crippen molar-refractivity contribution in [1.29, 1.82) is 0 Å². The van der Waals surface area contributed by atoms with E-state index in [4.69, 9.17) is 11.6 Å². The highest BCUT2D eigenvalue weighted by Crippen LogP contribution is 2.24. The number of anilines is 2. The molecule has 0 unspecified atom stereocenters. The summed E-state index contributed by atoms with van der Waals surface area (Å²) in [5.41, 5.74) is 0.633. The summed E-state index contributed by atoms with van der Waals surface area (Å²) in [4.78, 5) is 15.9. The summed E-state index contributed by atoms with van der Waals surface area (Å²) in [6, 6.07) is 14.7. The highest BCUT2D eigenvalue weighted by atomic mass is 35.5. The molecule has 94 valence electrons. The predicted octanol–water partition coefficient (Wildman–Crippen LogP) is 4.05. The zero-order valence-electron chi connectivity index (χ0n) is 9.76. The SMILES string of the molecule is O=c1nc(Nc2ccc(Cl)cc2)sc2ccccc12. The number of benzene rings is 2. The average Bonchev–Trinajstić information content (AvgIpc) is 2.42. The molecular weight excluding hydrogens is 280 g/mol. The molecule has 0 fully saturated rings. The Hall–Kier alpha value is -1.91. The maximum Gasteiger partial charge on any atom is 0.281 e. The van der Waals surface area contributed by atoms with E-state index in [2.05, 4.69) is 10.3 Å². The van der Waals surface area contributed by atoms with E-state index in [-0.39, 0.29) is 5.56 Å². The fourth-order valence-electron chi connectivity index (χ4n) is 1.72. The van der Waals surface area contributed by atoms with Crippen LogP contribution in [-0.4, -0.2) is 4.98 Å². The Kier molecular flexibility index (Phi) is 3.19. The lowest BCUT2D eigenvalue weighted by molar-refractivity contribution is 1.30. The van der Waals surface area contributed by atoms with Gasteiger partial charge in [-0.1, -0.05) is 35.1 Å². The van der Waals surface area contributed by atoms with Crippen LogP contribution in [0.4, 0.5) is 10.8 Å². The van der Waals surface area contributed by atoms with Crippen molar-refractivity contribution in [2.75, 3.05) is 5.32 Å². The van der Waals surface area contributed by atoms with E-state index < -0.39 is 0 Å². The van der Waals surface area contributed by atoms with Crippen molar-refractivity contribution in [3.63, 3.8) is 0 Å². The number of aromatic nitrogens is 1. The Balaban J connectivity index is 2.01. The van der Waals surface area contributed by atoms with E-state index in [9.17, 15) is 4.79 Å². The second kappa shape index (κ2) is 4.99. The zero-order valence-corrected chi connectivity index (χ0v) is 11.3. The molecule has 3 rings (SSSR count). The minimum atomic E-state index is -0.217. The number of nitrogens with one attached hydrogen (secondary N) is 1.